The van der Waals surface area contributed by atoms with Gasteiger partial charge in [0.2, 0.25) is 0 Å². The normalized spacial score (nSPS) is 15.4. The molecule has 0 bridgehead atoms. The molecular weight excluding hydrogens is 378 g/mol. The summed E-state index contributed by atoms with van der Waals surface area (Å²) in [6.07, 6.45) is 0. The second-order valence-electron chi connectivity index (χ2n) is 7.17. The van der Waals surface area contributed by atoms with E-state index in [1.165, 1.54) is 0 Å². The number of amides is 1. The lowest BCUT2D eigenvalue weighted by molar-refractivity contribution is 0.0600. The van der Waals surface area contributed by atoms with Gasteiger partial charge in [-0.3, -0.25) is 14.8 Å². The lowest BCUT2D eigenvalue weighted by Gasteiger charge is -2.36. The molecule has 0 spiro atoms. The SMILES string of the molecule is COc1ccc(C(C#N)N2CCN(C(=O)c3cc(-c4ccccc4)n[nH]3)CC2)cc1. The molecule has 3 aromatic rings. The van der Waals surface area contributed by atoms with Crippen molar-refractivity contribution in [3.05, 3.63) is 71.9 Å². The van der Waals surface area contributed by atoms with Crippen LogP contribution in [0.5, 0.6) is 5.75 Å². The predicted molar refractivity (Wildman–Crippen MR) is 113 cm³/mol. The number of piperazine rings is 1. The van der Waals surface area contributed by atoms with Crippen LogP contribution >= 0.6 is 0 Å². The Kier molecular flexibility index (Phi) is 5.77. The van der Waals surface area contributed by atoms with Crippen molar-refractivity contribution in [1.82, 2.24) is 20.0 Å². The van der Waals surface area contributed by atoms with Crippen molar-refractivity contribution < 1.29 is 9.53 Å². The fraction of sp³-hybridized carbons (Fsp3) is 0.261. The number of nitriles is 1. The molecule has 4 rings (SSSR count). The standard InChI is InChI=1S/C23H23N5O2/c1-30-19-9-7-18(8-10-19)22(16-24)27-11-13-28(14-12-27)23(29)21-15-20(25-26-21)17-5-3-2-4-6-17/h2-10,15,22H,11-14H2,1H3,(H,25,26). The molecule has 0 radical (unpaired) electrons. The van der Waals surface area contributed by atoms with Gasteiger partial charge in [0.15, 0.2) is 0 Å². The summed E-state index contributed by atoms with van der Waals surface area (Å²) in [7, 11) is 1.62. The maximum atomic E-state index is 12.9. The van der Waals surface area contributed by atoms with Gasteiger partial charge in [0.05, 0.1) is 18.9 Å². The van der Waals surface area contributed by atoms with Crippen LogP contribution in [0.25, 0.3) is 11.3 Å². The number of aromatic amines is 1. The molecule has 1 unspecified atom stereocenters. The van der Waals surface area contributed by atoms with Crippen LogP contribution in [0.15, 0.2) is 60.7 Å². The van der Waals surface area contributed by atoms with E-state index in [4.69, 9.17) is 4.74 Å². The van der Waals surface area contributed by atoms with Crippen LogP contribution in [0.2, 0.25) is 0 Å². The Balaban J connectivity index is 1.39. The molecule has 2 aromatic carbocycles. The second-order valence-corrected chi connectivity index (χ2v) is 7.17. The zero-order chi connectivity index (χ0) is 20.9. The summed E-state index contributed by atoms with van der Waals surface area (Å²) in [6.45, 7) is 2.39. The number of aromatic nitrogens is 2. The number of benzene rings is 2. The van der Waals surface area contributed by atoms with Crippen molar-refractivity contribution >= 4 is 5.91 Å². The molecule has 1 fully saturated rings. The third-order valence-corrected chi connectivity index (χ3v) is 5.40. The number of rotatable bonds is 5. The van der Waals surface area contributed by atoms with E-state index in [-0.39, 0.29) is 11.9 Å². The lowest BCUT2D eigenvalue weighted by Crippen LogP contribution is -2.49. The van der Waals surface area contributed by atoms with Gasteiger partial charge in [0.1, 0.15) is 17.5 Å². The van der Waals surface area contributed by atoms with Gasteiger partial charge in [0, 0.05) is 31.7 Å². The van der Waals surface area contributed by atoms with E-state index in [2.05, 4.69) is 21.2 Å². The number of carbonyl (C=O) groups excluding carboxylic acids is 1. The van der Waals surface area contributed by atoms with Gasteiger partial charge >= 0.3 is 0 Å². The van der Waals surface area contributed by atoms with Gasteiger partial charge in [0.25, 0.3) is 5.91 Å². The number of hydrogen-bond donors (Lipinski definition) is 1. The van der Waals surface area contributed by atoms with Crippen LogP contribution < -0.4 is 4.74 Å². The highest BCUT2D eigenvalue weighted by Gasteiger charge is 2.28. The van der Waals surface area contributed by atoms with Crippen LogP contribution in [0, 0.1) is 11.3 Å². The summed E-state index contributed by atoms with van der Waals surface area (Å²) in [5.41, 5.74) is 3.13. The first-order chi connectivity index (χ1) is 14.7. The van der Waals surface area contributed by atoms with Crippen LogP contribution in [0.1, 0.15) is 22.1 Å². The molecule has 1 amide bonds. The largest absolute Gasteiger partial charge is 0.497 e. The van der Waals surface area contributed by atoms with E-state index in [0.717, 1.165) is 22.6 Å². The molecule has 1 aromatic heterocycles. The molecule has 30 heavy (non-hydrogen) atoms. The Morgan fingerprint density at radius 1 is 1.10 bits per heavy atom. The van der Waals surface area contributed by atoms with Crippen molar-refractivity contribution in [1.29, 1.82) is 5.26 Å². The number of hydrogen-bond acceptors (Lipinski definition) is 5. The minimum atomic E-state index is -0.343. The Morgan fingerprint density at radius 3 is 2.43 bits per heavy atom. The maximum absolute atomic E-state index is 12.9. The molecule has 7 nitrogen and oxygen atoms in total. The molecule has 0 aliphatic carbocycles. The maximum Gasteiger partial charge on any atom is 0.271 e. The second kappa shape index (κ2) is 8.80. The van der Waals surface area contributed by atoms with Crippen molar-refractivity contribution in [3.63, 3.8) is 0 Å². The van der Waals surface area contributed by atoms with Gasteiger partial charge in [-0.2, -0.15) is 10.4 Å². The van der Waals surface area contributed by atoms with E-state index < -0.39 is 0 Å². The molecule has 1 saturated heterocycles. The minimum Gasteiger partial charge on any atom is -0.497 e. The summed E-state index contributed by atoms with van der Waals surface area (Å²) in [5.74, 6) is 0.697. The number of nitrogens with one attached hydrogen (secondary N) is 1. The zero-order valence-corrected chi connectivity index (χ0v) is 16.8. The van der Waals surface area contributed by atoms with Gasteiger partial charge < -0.3 is 9.64 Å². The zero-order valence-electron chi connectivity index (χ0n) is 16.8. The van der Waals surface area contributed by atoms with E-state index in [0.29, 0.717) is 31.9 Å². The third kappa shape index (κ3) is 4.04. The van der Waals surface area contributed by atoms with Crippen molar-refractivity contribution in [2.45, 2.75) is 6.04 Å². The van der Waals surface area contributed by atoms with Crippen LogP contribution in [0.3, 0.4) is 0 Å². The molecule has 1 aliphatic rings. The molecule has 152 valence electrons. The molecule has 1 N–H and O–H groups in total. The molecule has 1 atom stereocenters. The first-order valence-corrected chi connectivity index (χ1v) is 9.87. The lowest BCUT2D eigenvalue weighted by atomic mass is 10.1. The van der Waals surface area contributed by atoms with Gasteiger partial charge in [-0.1, -0.05) is 42.5 Å². The van der Waals surface area contributed by atoms with Crippen LogP contribution in [-0.4, -0.2) is 59.2 Å². The molecule has 0 saturated carbocycles. The van der Waals surface area contributed by atoms with Crippen LogP contribution in [0.4, 0.5) is 0 Å². The van der Waals surface area contributed by atoms with Crippen LogP contribution in [-0.2, 0) is 0 Å². The van der Waals surface area contributed by atoms with E-state index in [9.17, 15) is 10.1 Å². The molecule has 2 heterocycles. The Hall–Kier alpha value is -3.63. The summed E-state index contributed by atoms with van der Waals surface area (Å²) in [4.78, 5) is 16.8. The van der Waals surface area contributed by atoms with E-state index >= 15 is 0 Å². The number of methoxy groups -OCH3 is 1. The average molecular weight is 401 g/mol. The van der Waals surface area contributed by atoms with Crippen molar-refractivity contribution in [2.24, 2.45) is 0 Å². The number of H-pyrrole nitrogens is 1. The quantitative estimate of drug-likeness (QED) is 0.710. The highest BCUT2D eigenvalue weighted by atomic mass is 16.5. The molecule has 1 aliphatic heterocycles. The smallest absolute Gasteiger partial charge is 0.271 e. The van der Waals surface area contributed by atoms with Gasteiger partial charge in [-0.25, -0.2) is 0 Å². The summed E-state index contributed by atoms with van der Waals surface area (Å²) < 4.78 is 5.19. The molecule has 7 heteroatoms. The number of carbonyl (C=O) groups is 1. The van der Waals surface area contributed by atoms with E-state index in [1.54, 1.807) is 18.1 Å². The Bertz CT molecular complexity index is 1030. The first-order valence-electron chi connectivity index (χ1n) is 9.87. The highest BCUT2D eigenvalue weighted by molar-refractivity contribution is 5.93. The minimum absolute atomic E-state index is 0.0673. The monoisotopic (exact) mass is 401 g/mol. The third-order valence-electron chi connectivity index (χ3n) is 5.40. The summed E-state index contributed by atoms with van der Waals surface area (Å²) in [6, 6.07) is 21.2. The fourth-order valence-electron chi connectivity index (χ4n) is 3.69. The van der Waals surface area contributed by atoms with E-state index in [1.807, 2.05) is 54.6 Å². The number of ether oxygens (including phenoxy) is 1. The topological polar surface area (TPSA) is 85.2 Å². The van der Waals surface area contributed by atoms with Crippen molar-refractivity contribution in [2.75, 3.05) is 33.3 Å². The Morgan fingerprint density at radius 2 is 1.80 bits per heavy atom. The van der Waals surface area contributed by atoms with Crippen molar-refractivity contribution in [3.8, 4) is 23.1 Å². The summed E-state index contributed by atoms with van der Waals surface area (Å²) >= 11 is 0. The van der Waals surface area contributed by atoms with Gasteiger partial charge in [-0.15, -0.1) is 0 Å². The first kappa shape index (κ1) is 19.7. The van der Waals surface area contributed by atoms with Gasteiger partial charge in [-0.05, 0) is 23.8 Å². The predicted octanol–water partition coefficient (Wildman–Crippen LogP) is 3.11. The average Bonchev–Trinajstić information content (AvgIpc) is 3.31. The fourth-order valence-corrected chi connectivity index (χ4v) is 3.69. The molecular formula is C23H23N5O2. The summed E-state index contributed by atoms with van der Waals surface area (Å²) in [5, 5.41) is 16.8. The highest BCUT2D eigenvalue weighted by Crippen LogP contribution is 2.24. The Labute approximate surface area is 175 Å². The number of nitrogens with zero attached hydrogens (tertiary/aromatic N) is 4.